The normalized spacial score (nSPS) is 27.8. The van der Waals surface area contributed by atoms with Crippen LogP contribution in [0.3, 0.4) is 0 Å². The Morgan fingerprint density at radius 3 is 2.72 bits per heavy atom. The standard InChI is InChI=1S/C12H12BrNO4/c13-8-3-4-18-11(8)10-7(12(16)17)5-9(15)14(10)6-1-2-6/h3-4,6-7,10H,1-2,5H2,(H,16,17). The highest BCUT2D eigenvalue weighted by Gasteiger charge is 2.51. The molecule has 1 aromatic rings. The molecule has 1 saturated heterocycles. The van der Waals surface area contributed by atoms with Crippen LogP contribution in [-0.2, 0) is 9.59 Å². The quantitative estimate of drug-likeness (QED) is 0.928. The molecular weight excluding hydrogens is 302 g/mol. The van der Waals surface area contributed by atoms with Crippen LogP contribution in [0, 0.1) is 5.92 Å². The van der Waals surface area contributed by atoms with E-state index in [1.807, 2.05) is 0 Å². The number of hydrogen-bond donors (Lipinski definition) is 1. The minimum atomic E-state index is -0.945. The van der Waals surface area contributed by atoms with Gasteiger partial charge < -0.3 is 14.4 Å². The Hall–Kier alpha value is -1.30. The van der Waals surface area contributed by atoms with Gasteiger partial charge in [0, 0.05) is 12.5 Å². The summed E-state index contributed by atoms with van der Waals surface area (Å²) in [6, 6.07) is 1.43. The van der Waals surface area contributed by atoms with Crippen molar-refractivity contribution >= 4 is 27.8 Å². The first kappa shape index (κ1) is 11.8. The highest BCUT2D eigenvalue weighted by atomic mass is 79.9. The largest absolute Gasteiger partial charge is 0.481 e. The van der Waals surface area contributed by atoms with Crippen molar-refractivity contribution in [2.45, 2.75) is 31.3 Å². The molecule has 1 amide bonds. The summed E-state index contributed by atoms with van der Waals surface area (Å²) in [4.78, 5) is 25.0. The van der Waals surface area contributed by atoms with Crippen molar-refractivity contribution in [1.29, 1.82) is 0 Å². The molecule has 2 atom stereocenters. The summed E-state index contributed by atoms with van der Waals surface area (Å²) in [7, 11) is 0. The number of amides is 1. The van der Waals surface area contributed by atoms with Gasteiger partial charge in [-0.15, -0.1) is 0 Å². The molecule has 1 aliphatic heterocycles. The lowest BCUT2D eigenvalue weighted by molar-refractivity contribution is -0.143. The van der Waals surface area contributed by atoms with Gasteiger partial charge in [-0.2, -0.15) is 0 Å². The van der Waals surface area contributed by atoms with Gasteiger partial charge in [0.1, 0.15) is 11.8 Å². The number of hydrogen-bond acceptors (Lipinski definition) is 3. The second-order valence-electron chi connectivity index (χ2n) is 4.76. The van der Waals surface area contributed by atoms with E-state index in [0.717, 1.165) is 17.3 Å². The van der Waals surface area contributed by atoms with Crippen molar-refractivity contribution in [2.75, 3.05) is 0 Å². The second-order valence-corrected chi connectivity index (χ2v) is 5.61. The minimum absolute atomic E-state index is 0.0592. The van der Waals surface area contributed by atoms with Crippen LogP contribution < -0.4 is 0 Å². The van der Waals surface area contributed by atoms with E-state index in [1.54, 1.807) is 11.0 Å². The van der Waals surface area contributed by atoms with Gasteiger partial charge in [0.05, 0.1) is 16.7 Å². The van der Waals surface area contributed by atoms with E-state index >= 15 is 0 Å². The van der Waals surface area contributed by atoms with Crippen LogP contribution >= 0.6 is 15.9 Å². The highest BCUT2D eigenvalue weighted by Crippen LogP contribution is 2.46. The third kappa shape index (κ3) is 1.75. The van der Waals surface area contributed by atoms with E-state index in [9.17, 15) is 14.7 Å². The lowest BCUT2D eigenvalue weighted by Gasteiger charge is -2.25. The Labute approximate surface area is 112 Å². The van der Waals surface area contributed by atoms with Gasteiger partial charge in [0.2, 0.25) is 5.91 Å². The molecule has 1 saturated carbocycles. The van der Waals surface area contributed by atoms with Gasteiger partial charge in [-0.05, 0) is 34.8 Å². The fourth-order valence-corrected chi connectivity index (χ4v) is 3.02. The van der Waals surface area contributed by atoms with E-state index < -0.39 is 17.9 Å². The number of carbonyl (C=O) groups is 2. The van der Waals surface area contributed by atoms with Gasteiger partial charge >= 0.3 is 5.97 Å². The summed E-state index contributed by atoms with van der Waals surface area (Å²) in [5.74, 6) is -1.21. The molecule has 1 aromatic heterocycles. The number of carboxylic acid groups (broad SMARTS) is 1. The van der Waals surface area contributed by atoms with Crippen LogP contribution in [0.25, 0.3) is 0 Å². The highest BCUT2D eigenvalue weighted by molar-refractivity contribution is 9.10. The van der Waals surface area contributed by atoms with Crippen LogP contribution in [0.4, 0.5) is 0 Å². The summed E-state index contributed by atoms with van der Waals surface area (Å²) in [5.41, 5.74) is 0. The molecule has 1 aliphatic carbocycles. The van der Waals surface area contributed by atoms with E-state index in [-0.39, 0.29) is 18.4 Å². The van der Waals surface area contributed by atoms with Crippen LogP contribution in [-0.4, -0.2) is 27.9 Å². The van der Waals surface area contributed by atoms with E-state index in [0.29, 0.717) is 5.76 Å². The van der Waals surface area contributed by atoms with E-state index in [4.69, 9.17) is 4.42 Å². The first-order valence-corrected chi connectivity index (χ1v) is 6.65. The minimum Gasteiger partial charge on any atom is -0.481 e. The number of furan rings is 1. The van der Waals surface area contributed by atoms with Crippen LogP contribution in [0.2, 0.25) is 0 Å². The zero-order valence-electron chi connectivity index (χ0n) is 9.51. The van der Waals surface area contributed by atoms with Gasteiger partial charge in [-0.1, -0.05) is 0 Å². The average molecular weight is 314 g/mol. The van der Waals surface area contributed by atoms with Crippen LogP contribution in [0.1, 0.15) is 31.1 Å². The van der Waals surface area contributed by atoms with E-state index in [1.165, 1.54) is 6.26 Å². The van der Waals surface area contributed by atoms with Crippen molar-refractivity contribution in [3.05, 3.63) is 22.6 Å². The smallest absolute Gasteiger partial charge is 0.309 e. The maximum absolute atomic E-state index is 12.0. The molecule has 0 spiro atoms. The van der Waals surface area contributed by atoms with E-state index in [2.05, 4.69) is 15.9 Å². The predicted molar refractivity (Wildman–Crippen MR) is 64.8 cm³/mol. The molecule has 1 N–H and O–H groups in total. The Bertz CT molecular complexity index is 508. The lowest BCUT2D eigenvalue weighted by atomic mass is 9.98. The third-order valence-corrected chi connectivity index (χ3v) is 4.19. The fraction of sp³-hybridized carbons (Fsp3) is 0.500. The zero-order valence-corrected chi connectivity index (χ0v) is 11.1. The molecule has 6 heteroatoms. The van der Waals surface area contributed by atoms with Crippen molar-refractivity contribution in [1.82, 2.24) is 4.90 Å². The lowest BCUT2D eigenvalue weighted by Crippen LogP contribution is -2.32. The monoisotopic (exact) mass is 313 g/mol. The van der Waals surface area contributed by atoms with Gasteiger partial charge in [0.15, 0.2) is 0 Å². The number of nitrogens with zero attached hydrogens (tertiary/aromatic N) is 1. The number of halogens is 1. The Morgan fingerprint density at radius 2 is 2.22 bits per heavy atom. The van der Waals surface area contributed by atoms with Crippen molar-refractivity contribution < 1.29 is 19.1 Å². The molecule has 96 valence electrons. The fourth-order valence-electron chi connectivity index (χ4n) is 2.59. The summed E-state index contributed by atoms with van der Waals surface area (Å²) in [6.45, 7) is 0. The summed E-state index contributed by atoms with van der Waals surface area (Å²) in [5, 5.41) is 9.28. The first-order valence-electron chi connectivity index (χ1n) is 5.86. The zero-order chi connectivity index (χ0) is 12.9. The molecular formula is C12H12BrNO4. The second kappa shape index (κ2) is 4.12. The average Bonchev–Trinajstić information content (AvgIpc) is 2.96. The van der Waals surface area contributed by atoms with Gasteiger partial charge in [0.25, 0.3) is 0 Å². The third-order valence-electron chi connectivity index (χ3n) is 3.53. The Morgan fingerprint density at radius 1 is 1.50 bits per heavy atom. The van der Waals surface area contributed by atoms with Crippen molar-refractivity contribution in [3.8, 4) is 0 Å². The Kier molecular flexibility index (Phi) is 2.69. The van der Waals surface area contributed by atoms with Crippen molar-refractivity contribution in [3.63, 3.8) is 0 Å². The number of rotatable bonds is 3. The van der Waals surface area contributed by atoms with Crippen molar-refractivity contribution in [2.24, 2.45) is 5.92 Å². The molecule has 2 aliphatic rings. The van der Waals surface area contributed by atoms with Gasteiger partial charge in [-0.25, -0.2) is 0 Å². The number of carbonyl (C=O) groups excluding carboxylic acids is 1. The van der Waals surface area contributed by atoms with Crippen LogP contribution in [0.15, 0.2) is 21.2 Å². The molecule has 2 unspecified atom stereocenters. The molecule has 0 aromatic carbocycles. The number of carboxylic acids is 1. The molecule has 2 heterocycles. The number of likely N-dealkylation sites (tertiary alicyclic amines) is 1. The summed E-state index contributed by atoms with van der Waals surface area (Å²) in [6.07, 6.45) is 3.47. The molecule has 2 fully saturated rings. The van der Waals surface area contributed by atoms with Crippen LogP contribution in [0.5, 0.6) is 0 Å². The Balaban J connectivity index is 2.01. The first-order chi connectivity index (χ1) is 8.59. The SMILES string of the molecule is O=C(O)C1CC(=O)N(C2CC2)C1c1occc1Br. The summed E-state index contributed by atoms with van der Waals surface area (Å²) < 4.78 is 6.10. The molecule has 0 bridgehead atoms. The van der Waals surface area contributed by atoms with Gasteiger partial charge in [-0.3, -0.25) is 9.59 Å². The molecule has 3 rings (SSSR count). The topological polar surface area (TPSA) is 70.8 Å². The maximum Gasteiger partial charge on any atom is 0.309 e. The molecule has 0 radical (unpaired) electrons. The predicted octanol–water partition coefficient (Wildman–Crippen LogP) is 2.18. The molecule has 5 nitrogen and oxygen atoms in total. The maximum atomic E-state index is 12.0. The molecule has 18 heavy (non-hydrogen) atoms. The summed E-state index contributed by atoms with van der Waals surface area (Å²) >= 11 is 3.35. The number of aliphatic carboxylic acids is 1.